The first kappa shape index (κ1) is 16.0. The van der Waals surface area contributed by atoms with Crippen LogP contribution in [0.3, 0.4) is 0 Å². The second-order valence-corrected chi connectivity index (χ2v) is 6.63. The van der Waals surface area contributed by atoms with Crippen molar-refractivity contribution in [1.82, 2.24) is 14.9 Å². The summed E-state index contributed by atoms with van der Waals surface area (Å²) >= 11 is 0. The average molecular weight is 317 g/mol. The zero-order valence-electron chi connectivity index (χ0n) is 14.2. The van der Waals surface area contributed by atoms with Crippen molar-refractivity contribution in [2.45, 2.75) is 45.1 Å². The van der Waals surface area contributed by atoms with Gasteiger partial charge in [-0.05, 0) is 32.1 Å². The molecule has 126 valence electrons. The summed E-state index contributed by atoms with van der Waals surface area (Å²) in [7, 11) is 1.90. The molecule has 1 aromatic rings. The van der Waals surface area contributed by atoms with Crippen LogP contribution < -0.4 is 9.80 Å². The van der Waals surface area contributed by atoms with Crippen LogP contribution >= 0.6 is 0 Å². The Morgan fingerprint density at radius 1 is 1.04 bits per heavy atom. The number of amides is 1. The van der Waals surface area contributed by atoms with Crippen molar-refractivity contribution in [2.75, 3.05) is 43.0 Å². The molecule has 6 heteroatoms. The first-order valence-corrected chi connectivity index (χ1v) is 8.70. The fourth-order valence-corrected chi connectivity index (χ4v) is 3.55. The van der Waals surface area contributed by atoms with Gasteiger partial charge >= 0.3 is 0 Å². The number of rotatable bonds is 3. The minimum atomic E-state index is 0.151. The summed E-state index contributed by atoms with van der Waals surface area (Å²) in [4.78, 5) is 27.0. The van der Waals surface area contributed by atoms with Gasteiger partial charge in [-0.3, -0.25) is 4.79 Å². The van der Waals surface area contributed by atoms with E-state index >= 15 is 0 Å². The number of carbonyl (C=O) groups excluding carboxylic acids is 1. The average Bonchev–Trinajstić information content (AvgIpc) is 2.62. The van der Waals surface area contributed by atoms with E-state index in [1.807, 2.05) is 11.9 Å². The Hall–Kier alpha value is -1.85. The molecule has 0 N–H and O–H groups in total. The van der Waals surface area contributed by atoms with Crippen molar-refractivity contribution in [3.8, 4) is 0 Å². The molecule has 0 atom stereocenters. The van der Waals surface area contributed by atoms with E-state index in [4.69, 9.17) is 0 Å². The smallest absolute Gasteiger partial charge is 0.219 e. The highest BCUT2D eigenvalue weighted by Crippen LogP contribution is 2.24. The van der Waals surface area contributed by atoms with Crippen LogP contribution in [0, 0.1) is 0 Å². The summed E-state index contributed by atoms with van der Waals surface area (Å²) < 4.78 is 0. The molecular formula is C17H27N5O. The van der Waals surface area contributed by atoms with Gasteiger partial charge < -0.3 is 14.7 Å². The first-order valence-electron chi connectivity index (χ1n) is 8.70. The molecule has 0 saturated carbocycles. The molecule has 2 fully saturated rings. The molecule has 0 spiro atoms. The number of anilines is 2. The molecule has 0 aromatic carbocycles. The molecule has 0 radical (unpaired) electrons. The van der Waals surface area contributed by atoms with Crippen LogP contribution in [-0.4, -0.2) is 60.0 Å². The van der Waals surface area contributed by atoms with Gasteiger partial charge in [0.05, 0.1) is 0 Å². The maximum absolute atomic E-state index is 11.5. The predicted molar refractivity (Wildman–Crippen MR) is 91.8 cm³/mol. The fraction of sp³-hybridized carbons (Fsp3) is 0.706. The van der Waals surface area contributed by atoms with Gasteiger partial charge in [0.2, 0.25) is 5.91 Å². The summed E-state index contributed by atoms with van der Waals surface area (Å²) in [5.74, 6) is 2.22. The molecule has 0 aliphatic carbocycles. The van der Waals surface area contributed by atoms with E-state index in [1.165, 1.54) is 19.3 Å². The lowest BCUT2D eigenvalue weighted by atomic mass is 10.0. The zero-order chi connectivity index (χ0) is 16.2. The van der Waals surface area contributed by atoms with E-state index in [0.29, 0.717) is 6.04 Å². The van der Waals surface area contributed by atoms with E-state index in [9.17, 15) is 4.79 Å². The van der Waals surface area contributed by atoms with E-state index in [1.54, 1.807) is 13.3 Å². The van der Waals surface area contributed by atoms with Crippen molar-refractivity contribution in [1.29, 1.82) is 0 Å². The van der Waals surface area contributed by atoms with Gasteiger partial charge in [0.15, 0.2) is 0 Å². The number of nitrogens with zero attached hydrogens (tertiary/aromatic N) is 5. The molecule has 2 saturated heterocycles. The number of aromatic nitrogens is 2. The topological polar surface area (TPSA) is 52.6 Å². The van der Waals surface area contributed by atoms with Crippen LogP contribution in [0.2, 0.25) is 0 Å². The third-order valence-corrected chi connectivity index (χ3v) is 5.15. The van der Waals surface area contributed by atoms with Gasteiger partial charge in [-0.15, -0.1) is 0 Å². The second kappa shape index (κ2) is 7.15. The van der Waals surface area contributed by atoms with Crippen LogP contribution in [-0.2, 0) is 4.79 Å². The van der Waals surface area contributed by atoms with Crippen molar-refractivity contribution < 1.29 is 4.79 Å². The first-order chi connectivity index (χ1) is 11.1. The summed E-state index contributed by atoms with van der Waals surface area (Å²) in [6, 6.07) is 2.48. The third kappa shape index (κ3) is 3.74. The summed E-state index contributed by atoms with van der Waals surface area (Å²) in [6.07, 6.45) is 7.52. The monoisotopic (exact) mass is 317 g/mol. The second-order valence-electron chi connectivity index (χ2n) is 6.63. The van der Waals surface area contributed by atoms with Gasteiger partial charge in [0, 0.05) is 52.3 Å². The van der Waals surface area contributed by atoms with E-state index < -0.39 is 0 Å². The molecule has 1 aromatic heterocycles. The quantitative estimate of drug-likeness (QED) is 0.852. The lowest BCUT2D eigenvalue weighted by molar-refractivity contribution is -0.129. The lowest BCUT2D eigenvalue weighted by Gasteiger charge is -2.37. The predicted octanol–water partition coefficient (Wildman–Crippen LogP) is 1.91. The molecule has 3 heterocycles. The van der Waals surface area contributed by atoms with Crippen LogP contribution in [0.1, 0.15) is 39.0 Å². The Kier molecular flexibility index (Phi) is 4.98. The zero-order valence-corrected chi connectivity index (χ0v) is 14.2. The van der Waals surface area contributed by atoms with Gasteiger partial charge in [-0.2, -0.15) is 0 Å². The molecular weight excluding hydrogens is 290 g/mol. The lowest BCUT2D eigenvalue weighted by Crippen LogP contribution is -2.45. The Morgan fingerprint density at radius 3 is 2.17 bits per heavy atom. The summed E-state index contributed by atoms with van der Waals surface area (Å²) in [5.41, 5.74) is 0. The molecule has 23 heavy (non-hydrogen) atoms. The number of piperidine rings is 2. The van der Waals surface area contributed by atoms with Crippen LogP contribution in [0.4, 0.5) is 11.6 Å². The van der Waals surface area contributed by atoms with Gasteiger partial charge in [0.1, 0.15) is 18.0 Å². The molecule has 0 bridgehead atoms. The molecule has 3 rings (SSSR count). The molecule has 2 aliphatic heterocycles. The van der Waals surface area contributed by atoms with E-state index in [-0.39, 0.29) is 5.91 Å². The number of carbonyl (C=O) groups is 1. The summed E-state index contributed by atoms with van der Waals surface area (Å²) in [6.45, 7) is 5.73. The van der Waals surface area contributed by atoms with Crippen LogP contribution in [0.25, 0.3) is 0 Å². The van der Waals surface area contributed by atoms with E-state index in [0.717, 1.165) is 50.7 Å². The van der Waals surface area contributed by atoms with Crippen molar-refractivity contribution in [3.05, 3.63) is 12.4 Å². The fourth-order valence-electron chi connectivity index (χ4n) is 3.55. The molecule has 0 unspecified atom stereocenters. The van der Waals surface area contributed by atoms with Crippen LogP contribution in [0.15, 0.2) is 12.4 Å². The number of hydrogen-bond acceptors (Lipinski definition) is 5. The summed E-state index contributed by atoms with van der Waals surface area (Å²) in [5, 5.41) is 0. The van der Waals surface area contributed by atoms with E-state index in [2.05, 4.69) is 25.8 Å². The standard InChI is InChI=1S/C17H27N5O/c1-14(23)20(2)15-6-10-22(11-7-15)17-12-16(18-13-19-17)21-8-4-3-5-9-21/h12-13,15H,3-11H2,1-2H3. The Labute approximate surface area is 138 Å². The molecule has 2 aliphatic rings. The van der Waals surface area contributed by atoms with Crippen molar-refractivity contribution in [3.63, 3.8) is 0 Å². The van der Waals surface area contributed by atoms with Crippen LogP contribution in [0.5, 0.6) is 0 Å². The van der Waals surface area contributed by atoms with Gasteiger partial charge in [-0.25, -0.2) is 9.97 Å². The maximum Gasteiger partial charge on any atom is 0.219 e. The maximum atomic E-state index is 11.5. The molecule has 1 amide bonds. The number of hydrogen-bond donors (Lipinski definition) is 0. The molecule has 6 nitrogen and oxygen atoms in total. The SMILES string of the molecule is CC(=O)N(C)C1CCN(c2cc(N3CCCCC3)ncn2)CC1. The third-order valence-electron chi connectivity index (χ3n) is 5.15. The highest BCUT2D eigenvalue weighted by molar-refractivity contribution is 5.73. The Bertz CT molecular complexity index is 536. The van der Waals surface area contributed by atoms with Crippen molar-refractivity contribution >= 4 is 17.5 Å². The highest BCUT2D eigenvalue weighted by Gasteiger charge is 2.25. The Morgan fingerprint density at radius 2 is 1.61 bits per heavy atom. The normalized spacial score (nSPS) is 19.7. The minimum absolute atomic E-state index is 0.151. The van der Waals surface area contributed by atoms with Crippen molar-refractivity contribution in [2.24, 2.45) is 0 Å². The highest BCUT2D eigenvalue weighted by atomic mass is 16.2. The van der Waals surface area contributed by atoms with Gasteiger partial charge in [0.25, 0.3) is 0 Å². The van der Waals surface area contributed by atoms with Gasteiger partial charge in [-0.1, -0.05) is 0 Å². The largest absolute Gasteiger partial charge is 0.356 e. The minimum Gasteiger partial charge on any atom is -0.356 e. The Balaban J connectivity index is 1.63.